The number of carboxylic acid groups (broad SMARTS) is 1. The monoisotopic (exact) mass is 281 g/mol. The standard InChI is InChI=1S/C10H19NO4S2/c1-17(14,15)8-4-2-3-7(5-8)16-6-9(11)10(12)13/h7-9H,2-6,11H2,1H3,(H,12,13)/t7?,8?,9-/m1/s1. The Hall–Kier alpha value is -0.270. The first-order chi connectivity index (χ1) is 7.80. The van der Waals surface area contributed by atoms with Crippen LogP contribution in [-0.2, 0) is 14.6 Å². The molecule has 100 valence electrons. The third-order valence-corrected chi connectivity index (χ3v) is 6.10. The molecule has 3 atom stereocenters. The lowest BCUT2D eigenvalue weighted by Gasteiger charge is -2.27. The molecule has 0 bridgehead atoms. The minimum absolute atomic E-state index is 0.217. The summed E-state index contributed by atoms with van der Waals surface area (Å²) in [5.41, 5.74) is 5.42. The SMILES string of the molecule is CS(=O)(=O)C1CCCC(SC[C@@H](N)C(=O)O)C1. The van der Waals surface area contributed by atoms with E-state index in [9.17, 15) is 13.2 Å². The fourth-order valence-corrected chi connectivity index (χ4v) is 4.58. The molecule has 0 aromatic carbocycles. The zero-order valence-corrected chi connectivity index (χ0v) is 11.5. The van der Waals surface area contributed by atoms with Gasteiger partial charge in [0, 0.05) is 17.3 Å². The van der Waals surface area contributed by atoms with Gasteiger partial charge in [-0.25, -0.2) is 8.42 Å². The van der Waals surface area contributed by atoms with Gasteiger partial charge in [-0.1, -0.05) is 6.42 Å². The highest BCUT2D eigenvalue weighted by atomic mass is 32.2. The molecule has 17 heavy (non-hydrogen) atoms. The van der Waals surface area contributed by atoms with E-state index in [-0.39, 0.29) is 10.5 Å². The van der Waals surface area contributed by atoms with Crippen LogP contribution in [0.3, 0.4) is 0 Å². The zero-order chi connectivity index (χ0) is 13.1. The van der Waals surface area contributed by atoms with E-state index >= 15 is 0 Å². The van der Waals surface area contributed by atoms with Crippen LogP contribution in [-0.4, -0.2) is 48.0 Å². The van der Waals surface area contributed by atoms with Crippen molar-refractivity contribution in [1.82, 2.24) is 0 Å². The molecule has 0 spiro atoms. The van der Waals surface area contributed by atoms with Gasteiger partial charge in [-0.2, -0.15) is 11.8 Å². The van der Waals surface area contributed by atoms with Gasteiger partial charge in [-0.05, 0) is 19.3 Å². The summed E-state index contributed by atoms with van der Waals surface area (Å²) in [7, 11) is -2.97. The third kappa shape index (κ3) is 4.85. The van der Waals surface area contributed by atoms with Crippen LogP contribution in [0.5, 0.6) is 0 Å². The maximum atomic E-state index is 11.5. The average Bonchev–Trinajstić information content (AvgIpc) is 2.25. The molecular formula is C10H19NO4S2. The molecule has 1 aliphatic carbocycles. The lowest BCUT2D eigenvalue weighted by atomic mass is 10.00. The van der Waals surface area contributed by atoms with Gasteiger partial charge in [0.05, 0.1) is 5.25 Å². The van der Waals surface area contributed by atoms with Gasteiger partial charge in [0.25, 0.3) is 0 Å². The van der Waals surface area contributed by atoms with Gasteiger partial charge < -0.3 is 10.8 Å². The number of carboxylic acids is 1. The van der Waals surface area contributed by atoms with Crippen molar-refractivity contribution in [1.29, 1.82) is 0 Å². The van der Waals surface area contributed by atoms with Crippen molar-refractivity contribution in [3.63, 3.8) is 0 Å². The summed E-state index contributed by atoms with van der Waals surface area (Å²) in [6.45, 7) is 0. The van der Waals surface area contributed by atoms with E-state index in [1.54, 1.807) is 0 Å². The summed E-state index contributed by atoms with van der Waals surface area (Å²) >= 11 is 1.48. The van der Waals surface area contributed by atoms with Gasteiger partial charge in [0.1, 0.15) is 15.9 Å². The van der Waals surface area contributed by atoms with Crippen molar-refractivity contribution in [3.8, 4) is 0 Å². The first-order valence-corrected chi connectivity index (χ1v) is 8.60. The molecule has 1 rings (SSSR count). The first kappa shape index (κ1) is 14.8. The second-order valence-electron chi connectivity index (χ2n) is 4.52. The predicted molar refractivity (Wildman–Crippen MR) is 69.0 cm³/mol. The quantitative estimate of drug-likeness (QED) is 0.761. The fourth-order valence-electron chi connectivity index (χ4n) is 1.95. The maximum Gasteiger partial charge on any atom is 0.321 e. The van der Waals surface area contributed by atoms with Crippen LogP contribution in [0.15, 0.2) is 0 Å². The van der Waals surface area contributed by atoms with E-state index in [1.807, 2.05) is 0 Å². The molecule has 0 aromatic heterocycles. The van der Waals surface area contributed by atoms with E-state index in [4.69, 9.17) is 10.8 Å². The topological polar surface area (TPSA) is 97.5 Å². The van der Waals surface area contributed by atoms with Gasteiger partial charge in [0.2, 0.25) is 0 Å². The van der Waals surface area contributed by atoms with Gasteiger partial charge in [-0.3, -0.25) is 4.79 Å². The molecule has 1 saturated carbocycles. The lowest BCUT2D eigenvalue weighted by molar-refractivity contribution is -0.137. The van der Waals surface area contributed by atoms with E-state index in [1.165, 1.54) is 18.0 Å². The molecular weight excluding hydrogens is 262 g/mol. The second-order valence-corrected chi connectivity index (χ2v) is 8.18. The van der Waals surface area contributed by atoms with Crippen molar-refractivity contribution in [2.45, 2.75) is 42.2 Å². The number of sulfone groups is 1. The number of carbonyl (C=O) groups is 1. The molecule has 1 aliphatic rings. The highest BCUT2D eigenvalue weighted by molar-refractivity contribution is 8.00. The Balaban J connectivity index is 2.43. The van der Waals surface area contributed by atoms with Crippen LogP contribution in [0.1, 0.15) is 25.7 Å². The molecule has 0 amide bonds. The minimum atomic E-state index is -2.97. The molecule has 1 fully saturated rings. The summed E-state index contributed by atoms with van der Waals surface area (Å²) in [4.78, 5) is 10.6. The average molecular weight is 281 g/mol. The highest BCUT2D eigenvalue weighted by Crippen LogP contribution is 2.31. The Morgan fingerprint density at radius 2 is 2.18 bits per heavy atom. The van der Waals surface area contributed by atoms with Crippen molar-refractivity contribution in [3.05, 3.63) is 0 Å². The van der Waals surface area contributed by atoms with Crippen molar-refractivity contribution >= 4 is 27.6 Å². The van der Waals surface area contributed by atoms with Crippen molar-refractivity contribution in [2.24, 2.45) is 5.73 Å². The van der Waals surface area contributed by atoms with Crippen LogP contribution in [0.4, 0.5) is 0 Å². The molecule has 7 heteroatoms. The van der Waals surface area contributed by atoms with Crippen LogP contribution < -0.4 is 5.73 Å². The van der Waals surface area contributed by atoms with Crippen LogP contribution in [0.2, 0.25) is 0 Å². The second kappa shape index (κ2) is 6.06. The Labute approximate surface area is 106 Å². The predicted octanol–water partition coefficient (Wildman–Crippen LogP) is 0.487. The Morgan fingerprint density at radius 1 is 1.53 bits per heavy atom. The van der Waals surface area contributed by atoms with E-state index in [0.717, 1.165) is 19.3 Å². The molecule has 5 nitrogen and oxygen atoms in total. The Morgan fingerprint density at radius 3 is 2.71 bits per heavy atom. The highest BCUT2D eigenvalue weighted by Gasteiger charge is 2.29. The lowest BCUT2D eigenvalue weighted by Crippen LogP contribution is -2.34. The Bertz CT molecular complexity index is 369. The van der Waals surface area contributed by atoms with E-state index in [0.29, 0.717) is 12.2 Å². The van der Waals surface area contributed by atoms with E-state index < -0.39 is 21.8 Å². The molecule has 0 radical (unpaired) electrons. The number of hydrogen-bond acceptors (Lipinski definition) is 5. The normalized spacial score (nSPS) is 27.6. The Kier molecular flexibility index (Phi) is 5.27. The summed E-state index contributed by atoms with van der Waals surface area (Å²) in [6.07, 6.45) is 4.45. The smallest absolute Gasteiger partial charge is 0.321 e. The number of aliphatic carboxylic acids is 1. The maximum absolute atomic E-state index is 11.5. The third-order valence-electron chi connectivity index (χ3n) is 3.01. The number of hydrogen-bond donors (Lipinski definition) is 2. The first-order valence-electron chi connectivity index (χ1n) is 5.59. The summed E-state index contributed by atoms with van der Waals surface area (Å²) in [5.74, 6) is -0.663. The van der Waals surface area contributed by atoms with E-state index in [2.05, 4.69) is 0 Å². The zero-order valence-electron chi connectivity index (χ0n) is 9.83. The molecule has 0 heterocycles. The molecule has 3 N–H and O–H groups in total. The summed E-state index contributed by atoms with van der Waals surface area (Å²) in [6, 6.07) is -0.862. The summed E-state index contributed by atoms with van der Waals surface area (Å²) in [5, 5.41) is 8.61. The summed E-state index contributed by atoms with van der Waals surface area (Å²) < 4.78 is 22.9. The molecule has 2 unspecified atom stereocenters. The molecule has 0 saturated heterocycles. The fraction of sp³-hybridized carbons (Fsp3) is 0.900. The van der Waals surface area contributed by atoms with Crippen LogP contribution >= 0.6 is 11.8 Å². The largest absolute Gasteiger partial charge is 0.480 e. The number of rotatable bonds is 5. The molecule has 0 aliphatic heterocycles. The minimum Gasteiger partial charge on any atom is -0.480 e. The van der Waals surface area contributed by atoms with Gasteiger partial charge >= 0.3 is 5.97 Å². The number of thioether (sulfide) groups is 1. The molecule has 0 aromatic rings. The van der Waals surface area contributed by atoms with Crippen LogP contribution in [0, 0.1) is 0 Å². The van der Waals surface area contributed by atoms with Gasteiger partial charge in [0.15, 0.2) is 0 Å². The van der Waals surface area contributed by atoms with Crippen molar-refractivity contribution in [2.75, 3.05) is 12.0 Å². The van der Waals surface area contributed by atoms with Gasteiger partial charge in [-0.15, -0.1) is 0 Å². The van der Waals surface area contributed by atoms with Crippen molar-refractivity contribution < 1.29 is 18.3 Å². The number of nitrogens with two attached hydrogens (primary N) is 1. The van der Waals surface area contributed by atoms with Crippen LogP contribution in [0.25, 0.3) is 0 Å².